The Kier molecular flexibility index (Phi) is 7.08. The highest BCUT2D eigenvalue weighted by Gasteiger charge is 2.33. The molecule has 1 amide bonds. The number of rotatable bonds is 6. The topological polar surface area (TPSA) is 45.1 Å². The van der Waals surface area contributed by atoms with Gasteiger partial charge in [0.1, 0.15) is 0 Å². The molecule has 3 aromatic rings. The molecule has 5 nitrogen and oxygen atoms in total. The standard InChI is InChI=1S/C28H27N3O2S/c32-27-26(21-23-11-13-25(14-12-23)30-17-19-33-20-18-30)34-28(29-24-9-5-2-6-10-24)31(27)16-15-22-7-3-1-4-8-22/h1-14,21H,15-20H2/b26-21-,29-28?. The number of hydrogen-bond donors (Lipinski definition) is 0. The molecule has 2 aliphatic rings. The summed E-state index contributed by atoms with van der Waals surface area (Å²) in [6.45, 7) is 3.93. The zero-order chi connectivity index (χ0) is 23.2. The van der Waals surface area contributed by atoms with Crippen LogP contribution in [0.5, 0.6) is 0 Å². The van der Waals surface area contributed by atoms with E-state index in [0.717, 1.165) is 49.1 Å². The number of benzene rings is 3. The molecule has 0 saturated carbocycles. The Labute approximate surface area is 204 Å². The molecule has 0 radical (unpaired) electrons. The largest absolute Gasteiger partial charge is 0.378 e. The molecule has 3 aromatic carbocycles. The van der Waals surface area contributed by atoms with Crippen LogP contribution in [0.3, 0.4) is 0 Å². The lowest BCUT2D eigenvalue weighted by Crippen LogP contribution is -2.36. The van der Waals surface area contributed by atoms with Crippen molar-refractivity contribution < 1.29 is 9.53 Å². The van der Waals surface area contributed by atoms with E-state index in [1.54, 1.807) is 4.90 Å². The summed E-state index contributed by atoms with van der Waals surface area (Å²) < 4.78 is 5.45. The van der Waals surface area contributed by atoms with E-state index in [0.29, 0.717) is 11.4 Å². The molecule has 2 fully saturated rings. The van der Waals surface area contributed by atoms with Crippen molar-refractivity contribution in [2.75, 3.05) is 37.7 Å². The fourth-order valence-electron chi connectivity index (χ4n) is 4.04. The number of carbonyl (C=O) groups excluding carboxylic acids is 1. The van der Waals surface area contributed by atoms with Crippen LogP contribution in [0.25, 0.3) is 6.08 Å². The summed E-state index contributed by atoms with van der Waals surface area (Å²) in [6, 6.07) is 28.4. The van der Waals surface area contributed by atoms with Crippen molar-refractivity contribution in [2.24, 2.45) is 4.99 Å². The van der Waals surface area contributed by atoms with Crippen LogP contribution in [0.1, 0.15) is 11.1 Å². The van der Waals surface area contributed by atoms with Gasteiger partial charge in [-0.1, -0.05) is 60.7 Å². The smallest absolute Gasteiger partial charge is 0.266 e. The average molecular weight is 470 g/mol. The normalized spacial score (nSPS) is 18.8. The predicted molar refractivity (Wildman–Crippen MR) is 140 cm³/mol. The Morgan fingerprint density at radius 3 is 2.26 bits per heavy atom. The minimum Gasteiger partial charge on any atom is -0.378 e. The lowest BCUT2D eigenvalue weighted by molar-refractivity contribution is -0.122. The number of amidine groups is 1. The molecule has 0 aliphatic carbocycles. The molecule has 2 saturated heterocycles. The average Bonchev–Trinajstić information content (AvgIpc) is 3.18. The number of hydrogen-bond acceptors (Lipinski definition) is 5. The number of nitrogens with zero attached hydrogens (tertiary/aromatic N) is 3. The number of carbonyl (C=O) groups is 1. The van der Waals surface area contributed by atoms with Gasteiger partial charge in [0.15, 0.2) is 5.17 Å². The SMILES string of the molecule is O=C1/C(=C/c2ccc(N3CCOCC3)cc2)SC(=Nc2ccccc2)N1CCc1ccccc1. The third-order valence-corrected chi connectivity index (χ3v) is 6.91. The van der Waals surface area contributed by atoms with Crippen LogP contribution >= 0.6 is 11.8 Å². The van der Waals surface area contributed by atoms with E-state index in [1.807, 2.05) is 54.6 Å². The number of anilines is 1. The quantitative estimate of drug-likeness (QED) is 0.456. The van der Waals surface area contributed by atoms with E-state index in [4.69, 9.17) is 9.73 Å². The van der Waals surface area contributed by atoms with Gasteiger partial charge in [0, 0.05) is 25.3 Å². The second kappa shape index (κ2) is 10.7. The maximum atomic E-state index is 13.4. The fourth-order valence-corrected chi connectivity index (χ4v) is 5.07. The van der Waals surface area contributed by atoms with Crippen LogP contribution in [0.2, 0.25) is 0 Å². The number of ether oxygens (including phenoxy) is 1. The third kappa shape index (κ3) is 5.41. The predicted octanol–water partition coefficient (Wildman–Crippen LogP) is 5.37. The summed E-state index contributed by atoms with van der Waals surface area (Å²) in [5, 5.41) is 0.725. The monoisotopic (exact) mass is 469 g/mol. The van der Waals surface area contributed by atoms with Crippen LogP contribution in [-0.4, -0.2) is 48.8 Å². The van der Waals surface area contributed by atoms with E-state index in [1.165, 1.54) is 23.0 Å². The molecule has 5 rings (SSSR count). The molecular weight excluding hydrogens is 442 g/mol. The van der Waals surface area contributed by atoms with E-state index in [9.17, 15) is 4.79 Å². The maximum absolute atomic E-state index is 13.4. The van der Waals surface area contributed by atoms with Gasteiger partial charge in [-0.2, -0.15) is 0 Å². The van der Waals surface area contributed by atoms with E-state index in [2.05, 4.69) is 41.3 Å². The Bertz CT molecular complexity index is 1170. The molecule has 2 heterocycles. The van der Waals surface area contributed by atoms with Crippen molar-refractivity contribution in [2.45, 2.75) is 6.42 Å². The zero-order valence-corrected chi connectivity index (χ0v) is 19.8. The summed E-state index contributed by atoms with van der Waals surface area (Å²) in [5.41, 5.74) is 4.25. The lowest BCUT2D eigenvalue weighted by Gasteiger charge is -2.28. The number of para-hydroxylation sites is 1. The minimum atomic E-state index is 0.00729. The molecule has 2 aliphatic heterocycles. The Morgan fingerprint density at radius 1 is 0.882 bits per heavy atom. The first-order chi connectivity index (χ1) is 16.8. The highest BCUT2D eigenvalue weighted by atomic mass is 32.2. The van der Waals surface area contributed by atoms with E-state index >= 15 is 0 Å². The van der Waals surface area contributed by atoms with Gasteiger partial charge in [-0.3, -0.25) is 9.69 Å². The summed E-state index contributed by atoms with van der Waals surface area (Å²) in [4.78, 5) is 23.0. The highest BCUT2D eigenvalue weighted by molar-refractivity contribution is 8.18. The van der Waals surface area contributed by atoms with E-state index in [-0.39, 0.29) is 5.91 Å². The van der Waals surface area contributed by atoms with Crippen molar-refractivity contribution in [3.05, 3.63) is 101 Å². The first-order valence-electron chi connectivity index (χ1n) is 11.6. The molecular formula is C28H27N3O2S. The summed E-state index contributed by atoms with van der Waals surface area (Å²) in [7, 11) is 0. The van der Waals surface area contributed by atoms with Gasteiger partial charge in [0.05, 0.1) is 23.8 Å². The van der Waals surface area contributed by atoms with Gasteiger partial charge < -0.3 is 9.64 Å². The lowest BCUT2D eigenvalue weighted by atomic mass is 10.1. The van der Waals surface area contributed by atoms with Gasteiger partial charge in [0.25, 0.3) is 5.91 Å². The third-order valence-electron chi connectivity index (χ3n) is 5.90. The number of morpholine rings is 1. The van der Waals surface area contributed by atoms with Gasteiger partial charge >= 0.3 is 0 Å². The molecule has 172 valence electrons. The summed E-state index contributed by atoms with van der Waals surface area (Å²) in [6.07, 6.45) is 2.75. The maximum Gasteiger partial charge on any atom is 0.266 e. The van der Waals surface area contributed by atoms with E-state index < -0.39 is 0 Å². The van der Waals surface area contributed by atoms with Crippen molar-refractivity contribution in [3.63, 3.8) is 0 Å². The van der Waals surface area contributed by atoms with Crippen LogP contribution in [0, 0.1) is 0 Å². The Hall–Kier alpha value is -3.35. The van der Waals surface area contributed by atoms with Gasteiger partial charge in [0.2, 0.25) is 0 Å². The molecule has 0 aromatic heterocycles. The molecule has 0 bridgehead atoms. The van der Waals surface area contributed by atoms with Crippen LogP contribution in [-0.2, 0) is 16.0 Å². The summed E-state index contributed by atoms with van der Waals surface area (Å²) in [5.74, 6) is 0.00729. The first kappa shape index (κ1) is 22.4. The molecule has 0 spiro atoms. The second-order valence-corrected chi connectivity index (χ2v) is 9.23. The van der Waals surface area contributed by atoms with Crippen LogP contribution in [0.4, 0.5) is 11.4 Å². The minimum absolute atomic E-state index is 0.00729. The van der Waals surface area contributed by atoms with Crippen LogP contribution < -0.4 is 4.90 Å². The van der Waals surface area contributed by atoms with Gasteiger partial charge in [-0.05, 0) is 59.7 Å². The molecule has 0 N–H and O–H groups in total. The number of thioether (sulfide) groups is 1. The number of aliphatic imine (C=N–C) groups is 1. The fraction of sp³-hybridized carbons (Fsp3) is 0.214. The zero-order valence-electron chi connectivity index (χ0n) is 19.0. The van der Waals surface area contributed by atoms with Crippen molar-refractivity contribution >= 4 is 40.3 Å². The molecule has 6 heteroatoms. The first-order valence-corrected chi connectivity index (χ1v) is 12.4. The molecule has 0 atom stereocenters. The highest BCUT2D eigenvalue weighted by Crippen LogP contribution is 2.34. The van der Waals surface area contributed by atoms with Crippen molar-refractivity contribution in [3.8, 4) is 0 Å². The molecule has 0 unspecified atom stereocenters. The molecule has 34 heavy (non-hydrogen) atoms. The Balaban J connectivity index is 1.37. The number of amides is 1. The van der Waals surface area contributed by atoms with Crippen molar-refractivity contribution in [1.82, 2.24) is 4.90 Å². The second-order valence-electron chi connectivity index (χ2n) is 8.22. The Morgan fingerprint density at radius 2 is 1.56 bits per heavy atom. The van der Waals surface area contributed by atoms with Gasteiger partial charge in [-0.15, -0.1) is 0 Å². The van der Waals surface area contributed by atoms with Gasteiger partial charge in [-0.25, -0.2) is 4.99 Å². The van der Waals surface area contributed by atoms with Crippen molar-refractivity contribution in [1.29, 1.82) is 0 Å². The summed E-state index contributed by atoms with van der Waals surface area (Å²) >= 11 is 1.44. The van der Waals surface area contributed by atoms with Crippen LogP contribution in [0.15, 0.2) is 94.8 Å².